The lowest BCUT2D eigenvalue weighted by atomic mass is 9.95. The van der Waals surface area contributed by atoms with E-state index < -0.39 is 39.6 Å². The first-order valence-corrected chi connectivity index (χ1v) is 16.8. The molecule has 3 rings (SSSR count). The molecule has 3 aromatic rings. The van der Waals surface area contributed by atoms with E-state index in [-0.39, 0.29) is 10.8 Å². The highest BCUT2D eigenvalue weighted by Gasteiger charge is 2.48. The highest BCUT2D eigenvalue weighted by atomic mass is 31.2. The van der Waals surface area contributed by atoms with Crippen molar-refractivity contribution in [2.24, 2.45) is 0 Å². The molecule has 0 heterocycles. The normalized spacial score (nSPS) is 12.7. The zero-order valence-corrected chi connectivity index (χ0v) is 26.4. The van der Waals surface area contributed by atoms with Crippen molar-refractivity contribution >= 4 is 32.0 Å². The number of phenolic OH excluding ortho intramolecular Hbond substituents is 1. The van der Waals surface area contributed by atoms with Crippen LogP contribution in [0.25, 0.3) is 16.8 Å². The van der Waals surface area contributed by atoms with E-state index in [1.165, 1.54) is 0 Å². The molecule has 0 fully saturated rings. The molecular weight excluding hydrogens is 546 g/mol. The Morgan fingerprint density at radius 3 is 1.57 bits per heavy atom. The Labute approximate surface area is 238 Å². The van der Waals surface area contributed by atoms with Crippen LogP contribution in [0.1, 0.15) is 72.1 Å². The van der Waals surface area contributed by atoms with Crippen molar-refractivity contribution in [3.63, 3.8) is 0 Å². The Morgan fingerprint density at radius 2 is 1.12 bits per heavy atom. The van der Waals surface area contributed by atoms with Gasteiger partial charge < -0.3 is 23.2 Å². The third kappa shape index (κ3) is 8.16. The largest absolute Gasteiger partial charge is 0.507 e. The number of hydrogen-bond acceptors (Lipinski definition) is 7. The summed E-state index contributed by atoms with van der Waals surface area (Å²) in [5, 5.41) is 12.3. The molecule has 0 aliphatic rings. The summed E-state index contributed by atoms with van der Waals surface area (Å²) in [7, 11) is -8.45. The molecule has 0 bridgehead atoms. The van der Waals surface area contributed by atoms with E-state index in [4.69, 9.17) is 18.1 Å². The maximum atomic E-state index is 14.6. The SMILES string of the molecule is CC(C)OP(=O)(OC(C)C)C(=Cc1cc(Cc2ccccc2)c(O)c2ccccc12)P(=O)(OC(C)C)OC(C)C. The van der Waals surface area contributed by atoms with Gasteiger partial charge in [-0.3, -0.25) is 9.13 Å². The molecule has 0 saturated carbocycles. The van der Waals surface area contributed by atoms with Crippen molar-refractivity contribution in [2.75, 3.05) is 0 Å². The van der Waals surface area contributed by atoms with Crippen LogP contribution in [0.4, 0.5) is 0 Å². The fourth-order valence-electron chi connectivity index (χ4n) is 4.34. The van der Waals surface area contributed by atoms with E-state index in [1.54, 1.807) is 61.5 Å². The molecular formula is C31H42O7P2. The van der Waals surface area contributed by atoms with Gasteiger partial charge in [-0.2, -0.15) is 0 Å². The monoisotopic (exact) mass is 588 g/mol. The number of hydrogen-bond donors (Lipinski definition) is 1. The van der Waals surface area contributed by atoms with E-state index in [2.05, 4.69) is 0 Å². The lowest BCUT2D eigenvalue weighted by Crippen LogP contribution is -2.14. The van der Waals surface area contributed by atoms with Gasteiger partial charge in [0, 0.05) is 11.8 Å². The first-order valence-electron chi connectivity index (χ1n) is 13.7. The zero-order valence-electron chi connectivity index (χ0n) is 24.7. The number of phenols is 1. The van der Waals surface area contributed by atoms with Crippen molar-refractivity contribution in [2.45, 2.75) is 86.2 Å². The van der Waals surface area contributed by atoms with Crippen LogP contribution < -0.4 is 0 Å². The summed E-state index contributed by atoms with van der Waals surface area (Å²) in [5.74, 6) is 0.151. The molecule has 0 spiro atoms. The van der Waals surface area contributed by atoms with Gasteiger partial charge in [-0.15, -0.1) is 0 Å². The number of rotatable bonds is 13. The minimum Gasteiger partial charge on any atom is -0.507 e. The van der Waals surface area contributed by atoms with Gasteiger partial charge in [-0.05, 0) is 89.6 Å². The fourth-order valence-corrected chi connectivity index (χ4v) is 9.45. The summed E-state index contributed by atoms with van der Waals surface area (Å²) >= 11 is 0. The van der Waals surface area contributed by atoms with Crippen molar-refractivity contribution in [1.29, 1.82) is 0 Å². The average molecular weight is 589 g/mol. The summed E-state index contributed by atoms with van der Waals surface area (Å²) in [6.45, 7) is 13.9. The van der Waals surface area contributed by atoms with Gasteiger partial charge in [0.15, 0.2) is 5.06 Å². The fraction of sp³-hybridized carbons (Fsp3) is 0.419. The summed E-state index contributed by atoms with van der Waals surface area (Å²) in [6, 6.07) is 19.0. The summed E-state index contributed by atoms with van der Waals surface area (Å²) in [4.78, 5) is 0. The summed E-state index contributed by atoms with van der Waals surface area (Å²) in [5.41, 5.74) is 2.25. The molecule has 0 atom stereocenters. The average Bonchev–Trinajstić information content (AvgIpc) is 2.83. The van der Waals surface area contributed by atoms with Gasteiger partial charge in [0.1, 0.15) is 5.75 Å². The molecule has 9 heteroatoms. The van der Waals surface area contributed by atoms with Crippen LogP contribution >= 0.6 is 15.2 Å². The quantitative estimate of drug-likeness (QED) is 0.199. The maximum Gasteiger partial charge on any atom is 0.370 e. The smallest absolute Gasteiger partial charge is 0.370 e. The van der Waals surface area contributed by atoms with Gasteiger partial charge in [-0.1, -0.05) is 54.6 Å². The molecule has 0 aliphatic heterocycles. The molecule has 218 valence electrons. The van der Waals surface area contributed by atoms with Crippen LogP contribution in [0.3, 0.4) is 0 Å². The van der Waals surface area contributed by atoms with Crippen LogP contribution in [-0.2, 0) is 33.6 Å². The van der Waals surface area contributed by atoms with E-state index in [0.29, 0.717) is 28.3 Å². The number of fused-ring (bicyclic) bond motifs is 1. The van der Waals surface area contributed by atoms with Gasteiger partial charge >= 0.3 is 15.2 Å². The van der Waals surface area contributed by atoms with Crippen molar-refractivity contribution in [3.05, 3.63) is 82.4 Å². The first kappa shape index (κ1) is 32.3. The van der Waals surface area contributed by atoms with Crippen LogP contribution in [0.5, 0.6) is 5.75 Å². The predicted molar refractivity (Wildman–Crippen MR) is 163 cm³/mol. The van der Waals surface area contributed by atoms with E-state index in [9.17, 15) is 14.2 Å². The Hall–Kier alpha value is -2.24. The minimum atomic E-state index is -4.23. The summed E-state index contributed by atoms with van der Waals surface area (Å²) in [6.07, 6.45) is -0.0317. The second kappa shape index (κ2) is 13.6. The first-order chi connectivity index (χ1) is 18.7. The third-order valence-electron chi connectivity index (χ3n) is 5.61. The molecule has 0 radical (unpaired) electrons. The number of benzene rings is 3. The maximum absolute atomic E-state index is 14.6. The van der Waals surface area contributed by atoms with Crippen molar-refractivity contribution in [3.8, 4) is 5.75 Å². The second-order valence-electron chi connectivity index (χ2n) is 10.8. The molecule has 1 N–H and O–H groups in total. The van der Waals surface area contributed by atoms with Crippen molar-refractivity contribution < 1.29 is 32.3 Å². The molecule has 7 nitrogen and oxygen atoms in total. The second-order valence-corrected chi connectivity index (χ2v) is 14.9. The Bertz CT molecular complexity index is 1340. The standard InChI is InChI=1S/C31H42O7P2/c1-21(2)35-39(33,36-22(3)4)30(40(34,37-23(5)6)38-24(7)8)20-26-19-27(18-25-14-10-9-11-15-25)31(32)29-17-13-12-16-28(26)29/h9-17,19-24,32H,18H2,1-8H3. The van der Waals surface area contributed by atoms with Crippen LogP contribution in [-0.4, -0.2) is 29.5 Å². The predicted octanol–water partition coefficient (Wildman–Crippen LogP) is 9.52. The van der Waals surface area contributed by atoms with Gasteiger partial charge in [0.05, 0.1) is 24.4 Å². The number of aromatic hydroxyl groups is 1. The third-order valence-corrected chi connectivity index (χ3v) is 11.3. The summed E-state index contributed by atoms with van der Waals surface area (Å²) < 4.78 is 53.0. The Kier molecular flexibility index (Phi) is 11.0. The lowest BCUT2D eigenvalue weighted by molar-refractivity contribution is 0.138. The van der Waals surface area contributed by atoms with Gasteiger partial charge in [0.25, 0.3) is 0 Å². The molecule has 40 heavy (non-hydrogen) atoms. The van der Waals surface area contributed by atoms with Crippen LogP contribution in [0.15, 0.2) is 65.7 Å². The van der Waals surface area contributed by atoms with Gasteiger partial charge in [0.2, 0.25) is 0 Å². The molecule has 0 aliphatic carbocycles. The Morgan fingerprint density at radius 1 is 0.700 bits per heavy atom. The van der Waals surface area contributed by atoms with Crippen LogP contribution in [0, 0.1) is 0 Å². The molecule has 0 amide bonds. The molecule has 0 aromatic heterocycles. The molecule has 0 unspecified atom stereocenters. The van der Waals surface area contributed by atoms with E-state index in [1.807, 2.05) is 60.7 Å². The molecule has 0 saturated heterocycles. The minimum absolute atomic E-state index is 0.151. The topological polar surface area (TPSA) is 91.3 Å². The van der Waals surface area contributed by atoms with Crippen LogP contribution in [0.2, 0.25) is 0 Å². The Balaban J connectivity index is 2.40. The molecule has 3 aromatic carbocycles. The zero-order chi connectivity index (χ0) is 29.7. The van der Waals surface area contributed by atoms with E-state index >= 15 is 0 Å². The highest BCUT2D eigenvalue weighted by Crippen LogP contribution is 2.75. The van der Waals surface area contributed by atoms with E-state index in [0.717, 1.165) is 5.56 Å². The van der Waals surface area contributed by atoms with Gasteiger partial charge in [-0.25, -0.2) is 0 Å². The van der Waals surface area contributed by atoms with Crippen molar-refractivity contribution in [1.82, 2.24) is 0 Å². The lowest BCUT2D eigenvalue weighted by Gasteiger charge is -2.31. The highest BCUT2D eigenvalue weighted by molar-refractivity contribution is 7.79.